The maximum absolute atomic E-state index is 11.8. The predicted molar refractivity (Wildman–Crippen MR) is 70.8 cm³/mol. The minimum Gasteiger partial charge on any atom is -0.346 e. The maximum atomic E-state index is 11.8. The monoisotopic (exact) mass is 250 g/mol. The van der Waals surface area contributed by atoms with Gasteiger partial charge in [-0.25, -0.2) is 4.98 Å². The molecule has 1 atom stereocenters. The molecule has 0 saturated carbocycles. The summed E-state index contributed by atoms with van der Waals surface area (Å²) in [5.74, 6) is 1.08. The molecule has 0 radical (unpaired) electrons. The first-order chi connectivity index (χ1) is 8.56. The molecule has 18 heavy (non-hydrogen) atoms. The van der Waals surface area contributed by atoms with E-state index >= 15 is 0 Å². The third-order valence-corrected chi connectivity index (χ3v) is 2.71. The number of rotatable bonds is 6. The van der Waals surface area contributed by atoms with E-state index in [1.807, 2.05) is 26.1 Å². The molecule has 1 rings (SSSR count). The molecular weight excluding hydrogens is 228 g/mol. The Labute approximate surface area is 108 Å². The first-order valence-corrected chi connectivity index (χ1v) is 6.34. The van der Waals surface area contributed by atoms with Crippen molar-refractivity contribution in [3.63, 3.8) is 0 Å². The van der Waals surface area contributed by atoms with E-state index in [0.717, 1.165) is 12.2 Å². The molecule has 1 aromatic rings. The van der Waals surface area contributed by atoms with Crippen molar-refractivity contribution in [2.24, 2.45) is 13.0 Å². The van der Waals surface area contributed by atoms with Gasteiger partial charge < -0.3 is 5.32 Å². The predicted octanol–water partition coefficient (Wildman–Crippen LogP) is 1.98. The molecule has 1 amide bonds. The van der Waals surface area contributed by atoms with Crippen LogP contribution in [-0.2, 0) is 11.8 Å². The summed E-state index contributed by atoms with van der Waals surface area (Å²) < 4.78 is 1.70. The first-order valence-electron chi connectivity index (χ1n) is 6.34. The fourth-order valence-corrected chi connectivity index (χ4v) is 1.71. The molecule has 0 aliphatic rings. The van der Waals surface area contributed by atoms with Gasteiger partial charge in [-0.2, -0.15) is 5.10 Å². The number of carbonyl (C=O) groups is 1. The molecule has 0 saturated heterocycles. The second-order valence-electron chi connectivity index (χ2n) is 4.61. The van der Waals surface area contributed by atoms with Crippen molar-refractivity contribution in [2.75, 3.05) is 0 Å². The zero-order valence-corrected chi connectivity index (χ0v) is 11.6. The molecule has 1 heterocycles. The van der Waals surface area contributed by atoms with Gasteiger partial charge in [-0.15, -0.1) is 0 Å². The molecular formula is C13H22N4O. The van der Waals surface area contributed by atoms with E-state index in [2.05, 4.69) is 29.2 Å². The Kier molecular flexibility index (Phi) is 5.55. The van der Waals surface area contributed by atoms with Gasteiger partial charge >= 0.3 is 0 Å². The van der Waals surface area contributed by atoms with Gasteiger partial charge in [0, 0.05) is 13.5 Å². The average molecular weight is 250 g/mol. The molecule has 100 valence electrons. The number of carbonyl (C=O) groups excluding carboxylic acids is 1. The lowest BCUT2D eigenvalue weighted by Crippen LogP contribution is -2.33. The normalized spacial score (nSPS) is 13.2. The van der Waals surface area contributed by atoms with E-state index in [-0.39, 0.29) is 17.9 Å². The van der Waals surface area contributed by atoms with Crippen LogP contribution >= 0.6 is 0 Å². The molecule has 1 aromatic heterocycles. The van der Waals surface area contributed by atoms with Crippen LogP contribution in [-0.4, -0.2) is 20.7 Å². The number of allylic oxidation sites excluding steroid dienone is 1. The van der Waals surface area contributed by atoms with Crippen LogP contribution in [0.4, 0.5) is 0 Å². The van der Waals surface area contributed by atoms with Crippen LogP contribution in [0.15, 0.2) is 18.5 Å². The molecule has 1 N–H and O–H groups in total. The number of aryl methyl sites for hydroxylation is 1. The second-order valence-corrected chi connectivity index (χ2v) is 4.61. The standard InChI is InChI=1S/C13H22N4O/c1-5-6-7-8-11(18)16-12(10(2)3)13-14-9-15-17(13)4/h6-7,9-10,12H,5,8H2,1-4H3,(H,16,18)/b7-6+/t12-/m1/s1. The van der Waals surface area contributed by atoms with Gasteiger partial charge in [0.1, 0.15) is 12.2 Å². The number of nitrogens with one attached hydrogen (secondary N) is 1. The Hall–Kier alpha value is -1.65. The van der Waals surface area contributed by atoms with E-state index in [1.54, 1.807) is 4.68 Å². The second kappa shape index (κ2) is 6.93. The van der Waals surface area contributed by atoms with Crippen molar-refractivity contribution in [3.8, 4) is 0 Å². The smallest absolute Gasteiger partial charge is 0.224 e. The Balaban J connectivity index is 2.68. The van der Waals surface area contributed by atoms with Crippen LogP contribution in [0.1, 0.15) is 45.5 Å². The van der Waals surface area contributed by atoms with E-state index < -0.39 is 0 Å². The van der Waals surface area contributed by atoms with Gasteiger partial charge in [-0.1, -0.05) is 32.9 Å². The zero-order chi connectivity index (χ0) is 13.5. The molecule has 0 bridgehead atoms. The zero-order valence-electron chi connectivity index (χ0n) is 11.6. The Morgan fingerprint density at radius 1 is 1.50 bits per heavy atom. The van der Waals surface area contributed by atoms with E-state index in [0.29, 0.717) is 6.42 Å². The quantitative estimate of drug-likeness (QED) is 0.785. The number of hydrogen-bond acceptors (Lipinski definition) is 3. The summed E-state index contributed by atoms with van der Waals surface area (Å²) >= 11 is 0. The molecule has 0 aliphatic carbocycles. The van der Waals surface area contributed by atoms with Crippen LogP contribution in [0.2, 0.25) is 0 Å². The summed E-state index contributed by atoms with van der Waals surface area (Å²) in [4.78, 5) is 16.0. The molecule has 5 nitrogen and oxygen atoms in total. The summed E-state index contributed by atoms with van der Waals surface area (Å²) in [6, 6.07) is -0.0972. The van der Waals surface area contributed by atoms with Gasteiger partial charge in [-0.05, 0) is 12.3 Å². The lowest BCUT2D eigenvalue weighted by Gasteiger charge is -2.21. The topological polar surface area (TPSA) is 59.8 Å². The largest absolute Gasteiger partial charge is 0.346 e. The third-order valence-electron chi connectivity index (χ3n) is 2.71. The van der Waals surface area contributed by atoms with Gasteiger partial charge in [-0.3, -0.25) is 9.48 Å². The lowest BCUT2D eigenvalue weighted by molar-refractivity contribution is -0.121. The van der Waals surface area contributed by atoms with Gasteiger partial charge in [0.25, 0.3) is 0 Å². The van der Waals surface area contributed by atoms with E-state index in [9.17, 15) is 4.79 Å². The third kappa shape index (κ3) is 3.98. The molecule has 0 unspecified atom stereocenters. The van der Waals surface area contributed by atoms with Crippen LogP contribution in [0.3, 0.4) is 0 Å². The highest BCUT2D eigenvalue weighted by atomic mass is 16.1. The van der Waals surface area contributed by atoms with Crippen molar-refractivity contribution in [2.45, 2.75) is 39.7 Å². The van der Waals surface area contributed by atoms with Crippen LogP contribution in [0.5, 0.6) is 0 Å². The minimum atomic E-state index is -0.0972. The van der Waals surface area contributed by atoms with Crippen LogP contribution in [0, 0.1) is 5.92 Å². The van der Waals surface area contributed by atoms with Crippen LogP contribution < -0.4 is 5.32 Å². The van der Waals surface area contributed by atoms with E-state index in [1.165, 1.54) is 6.33 Å². The first kappa shape index (κ1) is 14.4. The van der Waals surface area contributed by atoms with Crippen molar-refractivity contribution in [1.29, 1.82) is 0 Å². The number of aromatic nitrogens is 3. The highest BCUT2D eigenvalue weighted by molar-refractivity contribution is 5.77. The van der Waals surface area contributed by atoms with Gasteiger partial charge in [0.15, 0.2) is 0 Å². The minimum absolute atomic E-state index is 0.0152. The summed E-state index contributed by atoms with van der Waals surface area (Å²) in [6.07, 6.45) is 6.75. The number of hydrogen-bond donors (Lipinski definition) is 1. The summed E-state index contributed by atoms with van der Waals surface area (Å²) in [5.41, 5.74) is 0. The van der Waals surface area contributed by atoms with Crippen molar-refractivity contribution < 1.29 is 4.79 Å². The van der Waals surface area contributed by atoms with Crippen molar-refractivity contribution >= 4 is 5.91 Å². The summed E-state index contributed by atoms with van der Waals surface area (Å²) in [5, 5.41) is 7.05. The van der Waals surface area contributed by atoms with E-state index in [4.69, 9.17) is 0 Å². The molecule has 0 aromatic carbocycles. The molecule has 0 fully saturated rings. The van der Waals surface area contributed by atoms with Gasteiger partial charge in [0.2, 0.25) is 5.91 Å². The fraction of sp³-hybridized carbons (Fsp3) is 0.615. The lowest BCUT2D eigenvalue weighted by atomic mass is 10.0. The number of nitrogens with zero attached hydrogens (tertiary/aromatic N) is 3. The average Bonchev–Trinajstić information content (AvgIpc) is 2.72. The van der Waals surface area contributed by atoms with Crippen molar-refractivity contribution in [1.82, 2.24) is 20.1 Å². The SMILES string of the molecule is CC/C=C/CC(=O)N[C@@H](c1ncnn1C)C(C)C. The summed E-state index contributed by atoms with van der Waals surface area (Å²) in [7, 11) is 1.83. The maximum Gasteiger partial charge on any atom is 0.224 e. The highest BCUT2D eigenvalue weighted by Crippen LogP contribution is 2.18. The van der Waals surface area contributed by atoms with Crippen molar-refractivity contribution in [3.05, 3.63) is 24.3 Å². The molecule has 0 aliphatic heterocycles. The summed E-state index contributed by atoms with van der Waals surface area (Å²) in [6.45, 7) is 6.16. The Bertz CT molecular complexity index is 409. The fourth-order valence-electron chi connectivity index (χ4n) is 1.71. The highest BCUT2D eigenvalue weighted by Gasteiger charge is 2.21. The Morgan fingerprint density at radius 2 is 2.22 bits per heavy atom. The van der Waals surface area contributed by atoms with Crippen LogP contribution in [0.25, 0.3) is 0 Å². The Morgan fingerprint density at radius 3 is 2.72 bits per heavy atom. The van der Waals surface area contributed by atoms with Gasteiger partial charge in [0.05, 0.1) is 6.04 Å². The number of amides is 1. The molecule has 0 spiro atoms. The molecule has 5 heteroatoms.